The molecule has 102 valence electrons. The van der Waals surface area contributed by atoms with Gasteiger partial charge in [-0.3, -0.25) is 0 Å². The van der Waals surface area contributed by atoms with Crippen LogP contribution in [-0.2, 0) is 6.18 Å². The summed E-state index contributed by atoms with van der Waals surface area (Å²) in [5.74, 6) is 0. The van der Waals surface area contributed by atoms with Gasteiger partial charge in [0.25, 0.3) is 0 Å². The van der Waals surface area contributed by atoms with Crippen LogP contribution in [0.15, 0.2) is 18.2 Å². The molecule has 1 aromatic carbocycles. The number of pyridine rings is 1. The summed E-state index contributed by atoms with van der Waals surface area (Å²) in [6, 6.07) is 5.21. The molecule has 0 saturated heterocycles. The molecule has 1 N–H and O–H groups in total. The largest absolute Gasteiger partial charge is 0.433 e. The molecule has 0 saturated carbocycles. The average molecular weight is 380 g/mol. The lowest BCUT2D eigenvalue weighted by Gasteiger charge is -2.17. The summed E-state index contributed by atoms with van der Waals surface area (Å²) in [6.07, 6.45) is -4.44. The molecule has 2 rings (SSSR count). The number of fused-ring (bicyclic) bond motifs is 1. The summed E-state index contributed by atoms with van der Waals surface area (Å²) in [5.41, 5.74) is 0.189. The molecule has 0 amide bonds. The Morgan fingerprint density at radius 2 is 2.00 bits per heavy atom. The number of anilines is 1. The predicted molar refractivity (Wildman–Crippen MR) is 78.4 cm³/mol. The van der Waals surface area contributed by atoms with Gasteiger partial charge in [-0.05, 0) is 54.6 Å². The molecule has 0 spiro atoms. The van der Waals surface area contributed by atoms with Crippen molar-refractivity contribution in [1.82, 2.24) is 4.98 Å². The number of benzene rings is 1. The predicted octanol–water partition coefficient (Wildman–Crippen LogP) is 4.60. The van der Waals surface area contributed by atoms with Crippen molar-refractivity contribution in [3.8, 4) is 0 Å². The fourth-order valence-corrected chi connectivity index (χ4v) is 2.50. The van der Waals surface area contributed by atoms with Gasteiger partial charge in [-0.15, -0.1) is 0 Å². The van der Waals surface area contributed by atoms with E-state index in [1.54, 1.807) is 12.1 Å². The van der Waals surface area contributed by atoms with Crippen molar-refractivity contribution in [3.63, 3.8) is 0 Å². The molecule has 0 aliphatic heterocycles. The van der Waals surface area contributed by atoms with Crippen molar-refractivity contribution in [1.29, 1.82) is 0 Å². The molecule has 0 fully saturated rings. The van der Waals surface area contributed by atoms with Gasteiger partial charge in [0.15, 0.2) is 0 Å². The minimum absolute atomic E-state index is 0.142. The van der Waals surface area contributed by atoms with Crippen LogP contribution in [0.1, 0.15) is 18.2 Å². The van der Waals surface area contributed by atoms with Crippen LogP contribution in [0.5, 0.6) is 0 Å². The van der Waals surface area contributed by atoms with Crippen molar-refractivity contribution in [2.24, 2.45) is 0 Å². The smallest absolute Gasteiger partial charge is 0.385 e. The van der Waals surface area contributed by atoms with Crippen LogP contribution in [0, 0.1) is 10.5 Å². The van der Waals surface area contributed by atoms with Gasteiger partial charge in [-0.25, -0.2) is 4.98 Å². The fourth-order valence-electron chi connectivity index (χ4n) is 2.01. The van der Waals surface area contributed by atoms with Crippen molar-refractivity contribution in [2.45, 2.75) is 20.0 Å². The Hall–Kier alpha value is -1.05. The minimum Gasteiger partial charge on any atom is -0.385 e. The highest BCUT2D eigenvalue weighted by Gasteiger charge is 2.36. The van der Waals surface area contributed by atoms with E-state index in [1.807, 2.05) is 13.0 Å². The summed E-state index contributed by atoms with van der Waals surface area (Å²) in [7, 11) is 0. The fraction of sp³-hybridized carbons (Fsp3) is 0.308. The molecule has 0 aliphatic carbocycles. The Kier molecular flexibility index (Phi) is 3.89. The van der Waals surface area contributed by atoms with E-state index in [9.17, 15) is 13.2 Å². The number of hydrogen-bond donors (Lipinski definition) is 1. The highest BCUT2D eigenvalue weighted by atomic mass is 127. The van der Waals surface area contributed by atoms with E-state index in [0.717, 1.165) is 8.96 Å². The first-order chi connectivity index (χ1) is 8.84. The highest BCUT2D eigenvalue weighted by molar-refractivity contribution is 14.1. The molecule has 0 unspecified atom stereocenters. The summed E-state index contributed by atoms with van der Waals surface area (Å²) in [6.45, 7) is 3.86. The van der Waals surface area contributed by atoms with E-state index in [1.165, 1.54) is 6.92 Å². The maximum atomic E-state index is 13.0. The Morgan fingerprint density at radius 1 is 1.32 bits per heavy atom. The molecule has 0 bridgehead atoms. The molecule has 0 radical (unpaired) electrons. The van der Waals surface area contributed by atoms with Gasteiger partial charge in [-0.2, -0.15) is 13.2 Å². The van der Waals surface area contributed by atoms with Crippen molar-refractivity contribution < 1.29 is 13.2 Å². The second-order valence-electron chi connectivity index (χ2n) is 4.15. The summed E-state index contributed by atoms with van der Waals surface area (Å²) < 4.78 is 39.9. The van der Waals surface area contributed by atoms with Gasteiger partial charge in [-0.1, -0.05) is 0 Å². The molecule has 0 atom stereocenters. The maximum absolute atomic E-state index is 13.0. The monoisotopic (exact) mass is 380 g/mol. The molecule has 1 aromatic heterocycles. The first-order valence-electron chi connectivity index (χ1n) is 5.75. The molecule has 19 heavy (non-hydrogen) atoms. The molecule has 2 aromatic rings. The SMILES string of the molecule is CCNc1c(C)c(C(F)(F)F)nc2ccc(I)cc12. The summed E-state index contributed by atoms with van der Waals surface area (Å²) >= 11 is 2.13. The van der Waals surface area contributed by atoms with E-state index < -0.39 is 11.9 Å². The second-order valence-corrected chi connectivity index (χ2v) is 5.40. The van der Waals surface area contributed by atoms with Crippen LogP contribution >= 0.6 is 22.6 Å². The standard InChI is InChI=1S/C13H12F3IN2/c1-3-18-11-7(2)12(13(14,15)16)19-10-5-4-8(17)6-9(10)11/h4-6H,3H2,1-2H3,(H,18,19). The maximum Gasteiger partial charge on any atom is 0.433 e. The van der Waals surface area contributed by atoms with E-state index in [-0.39, 0.29) is 5.56 Å². The molecule has 6 heteroatoms. The molecule has 0 aliphatic rings. The first kappa shape index (κ1) is 14.4. The van der Waals surface area contributed by atoms with Gasteiger partial charge in [0, 0.05) is 26.8 Å². The van der Waals surface area contributed by atoms with Crippen LogP contribution in [-0.4, -0.2) is 11.5 Å². The molecular weight excluding hydrogens is 368 g/mol. The average Bonchev–Trinajstić information content (AvgIpc) is 2.31. The Morgan fingerprint density at radius 3 is 2.58 bits per heavy atom. The third kappa shape index (κ3) is 2.77. The molecule has 2 nitrogen and oxygen atoms in total. The minimum atomic E-state index is -4.44. The Balaban J connectivity index is 2.82. The third-order valence-corrected chi connectivity index (χ3v) is 3.48. The van der Waals surface area contributed by atoms with Crippen LogP contribution in [0.4, 0.5) is 18.9 Å². The lowest BCUT2D eigenvalue weighted by atomic mass is 10.1. The number of aromatic nitrogens is 1. The Bertz CT molecular complexity index is 623. The first-order valence-corrected chi connectivity index (χ1v) is 6.83. The zero-order valence-corrected chi connectivity index (χ0v) is 12.6. The third-order valence-electron chi connectivity index (χ3n) is 2.81. The number of nitrogens with one attached hydrogen (secondary N) is 1. The quantitative estimate of drug-likeness (QED) is 0.771. The van der Waals surface area contributed by atoms with E-state index in [2.05, 4.69) is 32.9 Å². The molecular formula is C13H12F3IN2. The van der Waals surface area contributed by atoms with Gasteiger partial charge in [0.2, 0.25) is 0 Å². The van der Waals surface area contributed by atoms with Crippen molar-refractivity contribution >= 4 is 39.2 Å². The summed E-state index contributed by atoms with van der Waals surface area (Å²) in [5, 5.41) is 3.74. The van der Waals surface area contributed by atoms with Crippen LogP contribution in [0.3, 0.4) is 0 Å². The normalized spacial score (nSPS) is 11.9. The topological polar surface area (TPSA) is 24.9 Å². The molecule has 1 heterocycles. The Labute approximate surface area is 122 Å². The zero-order chi connectivity index (χ0) is 14.2. The number of halogens is 4. The van der Waals surface area contributed by atoms with Crippen molar-refractivity contribution in [2.75, 3.05) is 11.9 Å². The van der Waals surface area contributed by atoms with Crippen molar-refractivity contribution in [3.05, 3.63) is 33.0 Å². The van der Waals surface area contributed by atoms with Gasteiger partial charge < -0.3 is 5.32 Å². The zero-order valence-electron chi connectivity index (χ0n) is 10.4. The van der Waals surface area contributed by atoms with E-state index in [4.69, 9.17) is 0 Å². The number of alkyl halides is 3. The number of rotatable bonds is 2. The van der Waals surface area contributed by atoms with E-state index in [0.29, 0.717) is 17.7 Å². The van der Waals surface area contributed by atoms with Crippen LogP contribution < -0.4 is 5.32 Å². The van der Waals surface area contributed by atoms with Gasteiger partial charge in [0.05, 0.1) is 5.52 Å². The van der Waals surface area contributed by atoms with Crippen LogP contribution in [0.25, 0.3) is 10.9 Å². The summed E-state index contributed by atoms with van der Waals surface area (Å²) in [4.78, 5) is 3.76. The second kappa shape index (κ2) is 5.15. The van der Waals surface area contributed by atoms with Crippen LogP contribution in [0.2, 0.25) is 0 Å². The lowest BCUT2D eigenvalue weighted by molar-refractivity contribution is -0.141. The van der Waals surface area contributed by atoms with Gasteiger partial charge in [0.1, 0.15) is 5.69 Å². The highest BCUT2D eigenvalue weighted by Crippen LogP contribution is 2.37. The van der Waals surface area contributed by atoms with E-state index >= 15 is 0 Å². The lowest BCUT2D eigenvalue weighted by Crippen LogP contribution is -2.13. The van der Waals surface area contributed by atoms with Gasteiger partial charge >= 0.3 is 6.18 Å². The number of nitrogens with zero attached hydrogens (tertiary/aromatic N) is 1. The number of hydrogen-bond acceptors (Lipinski definition) is 2.